The number of halogens is 1. The molecule has 2 aromatic carbocycles. The Labute approximate surface area is 225 Å². The molecule has 4 heterocycles. The summed E-state index contributed by atoms with van der Waals surface area (Å²) in [6.07, 6.45) is 6.43. The first-order chi connectivity index (χ1) is 18.9. The predicted octanol–water partition coefficient (Wildman–Crippen LogP) is 5.72. The number of nitrogens with zero attached hydrogens (tertiary/aromatic N) is 4. The molecule has 1 atom stereocenters. The van der Waals surface area contributed by atoms with Crippen molar-refractivity contribution in [3.8, 4) is 5.75 Å². The van der Waals surface area contributed by atoms with Crippen molar-refractivity contribution in [2.45, 2.75) is 64.5 Å². The number of hydrogen-bond donors (Lipinski definition) is 1. The third-order valence-electron chi connectivity index (χ3n) is 8.22. The molecule has 39 heavy (non-hydrogen) atoms. The summed E-state index contributed by atoms with van der Waals surface area (Å²) in [6, 6.07) is 9.26. The molecule has 0 amide bonds. The van der Waals surface area contributed by atoms with Crippen LogP contribution in [0, 0.1) is 5.82 Å². The number of carbonyl (C=O) groups is 1. The Morgan fingerprint density at radius 3 is 2.72 bits per heavy atom. The molecule has 1 N–H and O–H groups in total. The molecule has 8 nitrogen and oxygen atoms in total. The minimum Gasteiger partial charge on any atom is -0.487 e. The van der Waals surface area contributed by atoms with Gasteiger partial charge in [-0.2, -0.15) is 0 Å². The summed E-state index contributed by atoms with van der Waals surface area (Å²) in [5, 5.41) is 9.57. The molecular weight excluding hydrogens is 499 g/mol. The first kappa shape index (κ1) is 25.4. The molecular formula is C30H33FN4O4. The third-order valence-corrected chi connectivity index (χ3v) is 8.22. The fourth-order valence-electron chi connectivity index (χ4n) is 6.18. The van der Waals surface area contributed by atoms with E-state index >= 15 is 4.39 Å². The van der Waals surface area contributed by atoms with Gasteiger partial charge in [0.1, 0.15) is 23.7 Å². The maximum Gasteiger partial charge on any atom is 0.341 e. The Balaban J connectivity index is 1.34. The van der Waals surface area contributed by atoms with Crippen molar-refractivity contribution in [1.29, 1.82) is 0 Å². The van der Waals surface area contributed by atoms with Crippen LogP contribution in [-0.2, 0) is 6.54 Å². The number of rotatable bonds is 7. The molecule has 0 saturated carbocycles. The molecule has 0 unspecified atom stereocenters. The van der Waals surface area contributed by atoms with Gasteiger partial charge >= 0.3 is 5.97 Å². The number of anilines is 1. The van der Waals surface area contributed by atoms with Gasteiger partial charge in [0.05, 0.1) is 28.0 Å². The largest absolute Gasteiger partial charge is 0.487 e. The highest BCUT2D eigenvalue weighted by atomic mass is 19.1. The number of pyridine rings is 1. The number of hydrogen-bond acceptors (Lipinski definition) is 5. The SMILES string of the molecule is CCCCCn1c(C2CCN(c3c(F)cc4c(=O)c(C(=O)O)cn5c4c3OC[C@@H]5C)CC2)nc2ccccc21. The van der Waals surface area contributed by atoms with E-state index in [0.717, 1.165) is 49.1 Å². The van der Waals surface area contributed by atoms with E-state index in [-0.39, 0.29) is 29.5 Å². The van der Waals surface area contributed by atoms with Gasteiger partial charge in [0.25, 0.3) is 0 Å². The van der Waals surface area contributed by atoms with Crippen LogP contribution in [0.3, 0.4) is 0 Å². The second-order valence-electron chi connectivity index (χ2n) is 10.8. The number of aromatic carboxylic acids is 1. The number of aryl methyl sites for hydroxylation is 1. The lowest BCUT2D eigenvalue weighted by Crippen LogP contribution is -2.36. The molecule has 6 rings (SSSR count). The molecule has 1 saturated heterocycles. The van der Waals surface area contributed by atoms with Crippen molar-refractivity contribution in [2.75, 3.05) is 24.6 Å². The number of para-hydroxylation sites is 2. The monoisotopic (exact) mass is 532 g/mol. The van der Waals surface area contributed by atoms with Gasteiger partial charge in [-0.05, 0) is 44.4 Å². The summed E-state index contributed by atoms with van der Waals surface area (Å²) in [5.74, 6) is -0.205. The quantitative estimate of drug-likeness (QED) is 0.307. The number of piperidine rings is 1. The average molecular weight is 533 g/mol. The van der Waals surface area contributed by atoms with Crippen LogP contribution < -0.4 is 15.1 Å². The maximum absolute atomic E-state index is 15.7. The van der Waals surface area contributed by atoms with Gasteiger partial charge in [0, 0.05) is 31.7 Å². The van der Waals surface area contributed by atoms with Crippen molar-refractivity contribution < 1.29 is 19.0 Å². The summed E-state index contributed by atoms with van der Waals surface area (Å²) in [4.78, 5) is 31.6. The standard InChI is InChI=1S/C30H33FN4O4/c1-3-4-7-12-34-24-9-6-5-8-23(24)32-29(34)19-10-13-33(14-11-19)26-22(31)15-20-25-28(26)39-17-18(2)35(25)16-21(27(20)36)30(37)38/h5-6,8-9,15-16,18-19H,3-4,7,10-14,17H2,1-2H3,(H,37,38)/t18-/m0/s1. The zero-order valence-electron chi connectivity index (χ0n) is 22.3. The molecule has 0 bridgehead atoms. The Morgan fingerprint density at radius 1 is 1.21 bits per heavy atom. The van der Waals surface area contributed by atoms with Crippen molar-refractivity contribution in [3.63, 3.8) is 0 Å². The van der Waals surface area contributed by atoms with Crippen molar-refractivity contribution in [3.05, 3.63) is 64.0 Å². The second kappa shape index (κ2) is 10.0. The molecule has 0 aliphatic carbocycles. The Bertz CT molecular complexity index is 1630. The fraction of sp³-hybridized carbons (Fsp3) is 0.433. The van der Waals surface area contributed by atoms with E-state index < -0.39 is 17.2 Å². The number of fused-ring (bicyclic) bond motifs is 1. The van der Waals surface area contributed by atoms with Crippen LogP contribution in [0.2, 0.25) is 0 Å². The van der Waals surface area contributed by atoms with Gasteiger partial charge in [-0.3, -0.25) is 4.79 Å². The zero-order chi connectivity index (χ0) is 27.3. The number of carboxylic acid groups (broad SMARTS) is 1. The molecule has 2 aliphatic heterocycles. The summed E-state index contributed by atoms with van der Waals surface area (Å²) in [7, 11) is 0. The fourth-order valence-corrected chi connectivity index (χ4v) is 6.18. The van der Waals surface area contributed by atoms with Gasteiger partial charge in [-0.1, -0.05) is 31.9 Å². The van der Waals surface area contributed by atoms with E-state index in [2.05, 4.69) is 29.7 Å². The predicted molar refractivity (Wildman–Crippen MR) is 149 cm³/mol. The van der Waals surface area contributed by atoms with Crippen molar-refractivity contribution in [1.82, 2.24) is 14.1 Å². The Hall–Kier alpha value is -3.88. The van der Waals surface area contributed by atoms with Crippen molar-refractivity contribution in [2.24, 2.45) is 0 Å². The summed E-state index contributed by atoms with van der Waals surface area (Å²) in [5.41, 5.74) is 1.92. The van der Waals surface area contributed by atoms with E-state index in [9.17, 15) is 14.7 Å². The van der Waals surface area contributed by atoms with Gasteiger partial charge in [-0.25, -0.2) is 14.2 Å². The molecule has 204 valence electrons. The topological polar surface area (TPSA) is 89.6 Å². The smallest absolute Gasteiger partial charge is 0.341 e. The number of imidazole rings is 1. The summed E-state index contributed by atoms with van der Waals surface area (Å²) in [6.45, 7) is 6.54. The molecule has 4 aromatic rings. The molecule has 0 radical (unpaired) electrons. The lowest BCUT2D eigenvalue weighted by atomic mass is 9.94. The van der Waals surface area contributed by atoms with E-state index in [4.69, 9.17) is 9.72 Å². The lowest BCUT2D eigenvalue weighted by Gasteiger charge is -2.36. The maximum atomic E-state index is 15.7. The van der Waals surface area contributed by atoms with Gasteiger partial charge < -0.3 is 23.9 Å². The van der Waals surface area contributed by atoms with E-state index in [1.165, 1.54) is 18.7 Å². The lowest BCUT2D eigenvalue weighted by molar-refractivity contribution is 0.0694. The van der Waals surface area contributed by atoms with Crippen LogP contribution >= 0.6 is 0 Å². The Morgan fingerprint density at radius 2 is 1.97 bits per heavy atom. The minimum absolute atomic E-state index is 0.0355. The molecule has 2 aliphatic rings. The van der Waals surface area contributed by atoms with Crippen molar-refractivity contribution >= 4 is 33.6 Å². The minimum atomic E-state index is -1.32. The number of aromatic nitrogens is 3. The van der Waals surface area contributed by atoms with Crippen LogP contribution in [0.5, 0.6) is 5.75 Å². The van der Waals surface area contributed by atoms with Gasteiger partial charge in [0.15, 0.2) is 11.6 Å². The number of unbranched alkanes of at least 4 members (excludes halogenated alkanes) is 2. The van der Waals surface area contributed by atoms with Gasteiger partial charge in [-0.15, -0.1) is 0 Å². The van der Waals surface area contributed by atoms with Gasteiger partial charge in [0.2, 0.25) is 5.43 Å². The van der Waals surface area contributed by atoms with Crippen LogP contribution in [0.25, 0.3) is 21.9 Å². The highest BCUT2D eigenvalue weighted by molar-refractivity contribution is 5.97. The van der Waals surface area contributed by atoms with E-state index in [1.807, 2.05) is 17.9 Å². The highest BCUT2D eigenvalue weighted by Gasteiger charge is 2.33. The first-order valence-electron chi connectivity index (χ1n) is 13.9. The Kier molecular flexibility index (Phi) is 6.53. The average Bonchev–Trinajstić information content (AvgIpc) is 3.30. The highest BCUT2D eigenvalue weighted by Crippen LogP contribution is 2.43. The molecule has 0 spiro atoms. The normalized spacial score (nSPS) is 17.6. The number of carboxylic acids is 1. The molecule has 1 fully saturated rings. The van der Waals surface area contributed by atoms with Crippen LogP contribution in [0.15, 0.2) is 41.3 Å². The zero-order valence-corrected chi connectivity index (χ0v) is 22.3. The third kappa shape index (κ3) is 4.24. The molecule has 9 heteroatoms. The summed E-state index contributed by atoms with van der Waals surface area (Å²) < 4.78 is 25.8. The number of benzene rings is 2. The molecule has 2 aromatic heterocycles. The first-order valence-corrected chi connectivity index (χ1v) is 13.9. The van der Waals surface area contributed by atoms with Crippen LogP contribution in [0.1, 0.15) is 74.1 Å². The second-order valence-corrected chi connectivity index (χ2v) is 10.8. The number of ether oxygens (including phenoxy) is 1. The van der Waals surface area contributed by atoms with Crippen LogP contribution in [-0.4, -0.2) is 44.9 Å². The van der Waals surface area contributed by atoms with Crippen LogP contribution in [0.4, 0.5) is 10.1 Å². The summed E-state index contributed by atoms with van der Waals surface area (Å²) >= 11 is 0. The van der Waals surface area contributed by atoms with E-state index in [1.54, 1.807) is 4.57 Å². The van der Waals surface area contributed by atoms with E-state index in [0.29, 0.717) is 30.0 Å².